The van der Waals surface area contributed by atoms with E-state index in [1.165, 1.54) is 5.56 Å². The van der Waals surface area contributed by atoms with Crippen LogP contribution in [0, 0.1) is 13.8 Å². The van der Waals surface area contributed by atoms with Crippen molar-refractivity contribution in [3.8, 4) is 0 Å². The largest absolute Gasteiger partial charge is 0.334 e. The van der Waals surface area contributed by atoms with Gasteiger partial charge in [0.2, 0.25) is 0 Å². The highest BCUT2D eigenvalue weighted by molar-refractivity contribution is 5.75. The van der Waals surface area contributed by atoms with E-state index in [0.29, 0.717) is 5.56 Å². The predicted octanol–water partition coefficient (Wildman–Crippen LogP) is 2.91. The second-order valence-electron chi connectivity index (χ2n) is 6.78. The average molecular weight is 339 g/mol. The molecule has 0 radical (unpaired) electrons. The molecule has 132 valence electrons. The Balaban J connectivity index is 1.63. The van der Waals surface area contributed by atoms with E-state index in [-0.39, 0.29) is 24.2 Å². The maximum atomic E-state index is 12.6. The molecule has 0 saturated carbocycles. The zero-order valence-corrected chi connectivity index (χ0v) is 14.8. The summed E-state index contributed by atoms with van der Waals surface area (Å²) in [6.07, 6.45) is 2.92. The summed E-state index contributed by atoms with van der Waals surface area (Å²) in [5.41, 5.74) is 3.49. The quantitative estimate of drug-likeness (QED) is 0.899. The number of carbonyl (C=O) groups excluding carboxylic acids is 1. The number of aromatic amines is 1. The molecule has 5 nitrogen and oxygen atoms in total. The number of pyridine rings is 1. The molecule has 25 heavy (non-hydrogen) atoms. The molecule has 1 aromatic carbocycles. The van der Waals surface area contributed by atoms with E-state index in [9.17, 15) is 9.59 Å². The highest BCUT2D eigenvalue weighted by atomic mass is 16.2. The fraction of sp³-hybridized carbons (Fsp3) is 0.400. The molecule has 1 aliphatic rings. The Bertz CT molecular complexity index is 798. The van der Waals surface area contributed by atoms with E-state index in [1.807, 2.05) is 43.0 Å². The second kappa shape index (κ2) is 7.55. The summed E-state index contributed by atoms with van der Waals surface area (Å²) in [6, 6.07) is 12.3. The first kappa shape index (κ1) is 17.3. The summed E-state index contributed by atoms with van der Waals surface area (Å²) in [5.74, 6) is 0. The van der Waals surface area contributed by atoms with Crippen LogP contribution in [0.5, 0.6) is 0 Å². The summed E-state index contributed by atoms with van der Waals surface area (Å²) in [7, 11) is 0. The highest BCUT2D eigenvalue weighted by Gasteiger charge is 2.28. The number of likely N-dealkylation sites (tertiary alicyclic amines) is 1. The average Bonchev–Trinajstić information content (AvgIpc) is 3.03. The third kappa shape index (κ3) is 4.10. The number of amides is 2. The monoisotopic (exact) mass is 339 g/mol. The smallest absolute Gasteiger partial charge is 0.317 e. The van der Waals surface area contributed by atoms with Crippen molar-refractivity contribution in [2.45, 2.75) is 45.7 Å². The summed E-state index contributed by atoms with van der Waals surface area (Å²) >= 11 is 0. The standard InChI is InChI=1S/C20H25N3O2/c1-14-11-15(2)22-19(24)18(14)13-21-20(25)23-10-6-9-17(23)12-16-7-4-3-5-8-16/h3-5,7-8,11,17H,6,9-10,12-13H2,1-2H3,(H,21,25)(H,22,24). The molecule has 1 saturated heterocycles. The summed E-state index contributed by atoms with van der Waals surface area (Å²) in [5, 5.41) is 2.92. The van der Waals surface area contributed by atoms with Crippen LogP contribution in [0.25, 0.3) is 0 Å². The fourth-order valence-corrected chi connectivity index (χ4v) is 3.57. The van der Waals surface area contributed by atoms with Crippen molar-refractivity contribution in [1.29, 1.82) is 0 Å². The maximum Gasteiger partial charge on any atom is 0.317 e. The molecule has 0 aliphatic carbocycles. The number of nitrogens with zero attached hydrogens (tertiary/aromatic N) is 1. The summed E-state index contributed by atoms with van der Waals surface area (Å²) < 4.78 is 0. The third-order valence-electron chi connectivity index (χ3n) is 4.86. The van der Waals surface area contributed by atoms with E-state index in [4.69, 9.17) is 0 Å². The number of aryl methyl sites for hydroxylation is 2. The molecule has 0 spiro atoms. The van der Waals surface area contributed by atoms with Crippen LogP contribution in [-0.2, 0) is 13.0 Å². The minimum atomic E-state index is -0.125. The molecular weight excluding hydrogens is 314 g/mol. The molecule has 2 amide bonds. The topological polar surface area (TPSA) is 65.2 Å². The van der Waals surface area contributed by atoms with Crippen LogP contribution < -0.4 is 10.9 Å². The second-order valence-corrected chi connectivity index (χ2v) is 6.78. The first-order chi connectivity index (χ1) is 12.0. The summed E-state index contributed by atoms with van der Waals surface area (Å²) in [4.78, 5) is 29.4. The third-order valence-corrected chi connectivity index (χ3v) is 4.86. The first-order valence-corrected chi connectivity index (χ1v) is 8.82. The van der Waals surface area contributed by atoms with Gasteiger partial charge in [0.05, 0.1) is 6.54 Å². The lowest BCUT2D eigenvalue weighted by molar-refractivity contribution is 0.192. The Morgan fingerprint density at radius 1 is 1.28 bits per heavy atom. The number of H-pyrrole nitrogens is 1. The molecule has 1 fully saturated rings. The van der Waals surface area contributed by atoms with E-state index in [2.05, 4.69) is 22.4 Å². The fourth-order valence-electron chi connectivity index (χ4n) is 3.57. The maximum absolute atomic E-state index is 12.6. The van der Waals surface area contributed by atoms with Crippen LogP contribution in [0.2, 0.25) is 0 Å². The van der Waals surface area contributed by atoms with Gasteiger partial charge in [0.25, 0.3) is 5.56 Å². The van der Waals surface area contributed by atoms with Crippen molar-refractivity contribution in [2.75, 3.05) is 6.54 Å². The van der Waals surface area contributed by atoms with Gasteiger partial charge >= 0.3 is 6.03 Å². The van der Waals surface area contributed by atoms with Crippen molar-refractivity contribution in [3.63, 3.8) is 0 Å². The summed E-state index contributed by atoms with van der Waals surface area (Å²) in [6.45, 7) is 4.79. The molecule has 1 aromatic heterocycles. The van der Waals surface area contributed by atoms with Crippen molar-refractivity contribution in [2.24, 2.45) is 0 Å². The molecule has 5 heteroatoms. The van der Waals surface area contributed by atoms with Gasteiger partial charge in [-0.05, 0) is 50.3 Å². The number of nitrogens with one attached hydrogen (secondary N) is 2. The number of hydrogen-bond acceptors (Lipinski definition) is 2. The zero-order valence-electron chi connectivity index (χ0n) is 14.8. The zero-order chi connectivity index (χ0) is 17.8. The van der Waals surface area contributed by atoms with Crippen molar-refractivity contribution in [1.82, 2.24) is 15.2 Å². The Hall–Kier alpha value is -2.56. The Kier molecular flexibility index (Phi) is 5.22. The molecule has 1 atom stereocenters. The molecular formula is C20H25N3O2. The molecule has 2 heterocycles. The number of hydrogen-bond donors (Lipinski definition) is 2. The van der Waals surface area contributed by atoms with E-state index < -0.39 is 0 Å². The minimum absolute atomic E-state index is 0.0854. The van der Waals surface area contributed by atoms with Crippen LogP contribution >= 0.6 is 0 Å². The molecule has 3 rings (SSSR count). The van der Waals surface area contributed by atoms with Gasteiger partial charge in [-0.25, -0.2) is 4.79 Å². The van der Waals surface area contributed by atoms with Gasteiger partial charge in [0, 0.05) is 23.8 Å². The van der Waals surface area contributed by atoms with Gasteiger partial charge in [-0.15, -0.1) is 0 Å². The lowest BCUT2D eigenvalue weighted by atomic mass is 10.0. The minimum Gasteiger partial charge on any atom is -0.334 e. The molecule has 1 aliphatic heterocycles. The number of rotatable bonds is 4. The van der Waals surface area contributed by atoms with Crippen molar-refractivity contribution < 1.29 is 4.79 Å². The lowest BCUT2D eigenvalue weighted by Gasteiger charge is -2.25. The van der Waals surface area contributed by atoms with Gasteiger partial charge < -0.3 is 15.2 Å². The predicted molar refractivity (Wildman–Crippen MR) is 98.6 cm³/mol. The molecule has 2 N–H and O–H groups in total. The van der Waals surface area contributed by atoms with E-state index in [0.717, 1.165) is 37.1 Å². The van der Waals surface area contributed by atoms with E-state index in [1.54, 1.807) is 0 Å². The number of urea groups is 1. The Labute approximate surface area is 148 Å². The van der Waals surface area contributed by atoms with Crippen LogP contribution in [0.15, 0.2) is 41.2 Å². The van der Waals surface area contributed by atoms with Gasteiger partial charge in [0.15, 0.2) is 0 Å². The van der Waals surface area contributed by atoms with Crippen molar-refractivity contribution >= 4 is 6.03 Å². The first-order valence-electron chi connectivity index (χ1n) is 8.82. The molecule has 0 bridgehead atoms. The highest BCUT2D eigenvalue weighted by Crippen LogP contribution is 2.21. The Morgan fingerprint density at radius 3 is 2.76 bits per heavy atom. The number of aromatic nitrogens is 1. The van der Waals surface area contributed by atoms with Crippen LogP contribution in [-0.4, -0.2) is 28.5 Å². The lowest BCUT2D eigenvalue weighted by Crippen LogP contribution is -2.44. The molecule has 1 unspecified atom stereocenters. The normalized spacial score (nSPS) is 16.9. The van der Waals surface area contributed by atoms with Crippen LogP contribution in [0.4, 0.5) is 4.79 Å². The van der Waals surface area contributed by atoms with E-state index >= 15 is 0 Å². The Morgan fingerprint density at radius 2 is 2.04 bits per heavy atom. The van der Waals surface area contributed by atoms with Gasteiger partial charge in [0.1, 0.15) is 0 Å². The van der Waals surface area contributed by atoms with Gasteiger partial charge in [-0.1, -0.05) is 30.3 Å². The van der Waals surface area contributed by atoms with Gasteiger partial charge in [-0.2, -0.15) is 0 Å². The van der Waals surface area contributed by atoms with Crippen molar-refractivity contribution in [3.05, 3.63) is 69.1 Å². The molecule has 2 aromatic rings. The number of benzene rings is 1. The number of carbonyl (C=O) groups is 1. The SMILES string of the molecule is Cc1cc(C)c(CNC(=O)N2CCCC2Cc2ccccc2)c(=O)[nH]1. The van der Waals surface area contributed by atoms with Gasteiger partial charge in [-0.3, -0.25) is 4.79 Å². The van der Waals surface area contributed by atoms with Crippen LogP contribution in [0.3, 0.4) is 0 Å². The van der Waals surface area contributed by atoms with Crippen LogP contribution in [0.1, 0.15) is 35.2 Å².